The Kier molecular flexibility index (Phi) is 5.66. The lowest BCUT2D eigenvalue weighted by molar-refractivity contribution is -0.116. The van der Waals surface area contributed by atoms with Gasteiger partial charge in [-0.05, 0) is 37.2 Å². The zero-order valence-corrected chi connectivity index (χ0v) is 10.3. The molecule has 0 aliphatic rings. The third-order valence-electron chi connectivity index (χ3n) is 2.26. The maximum atomic E-state index is 11.4. The van der Waals surface area contributed by atoms with Crippen LogP contribution in [-0.2, 0) is 4.79 Å². The van der Waals surface area contributed by atoms with Crippen molar-refractivity contribution in [1.82, 2.24) is 5.32 Å². The van der Waals surface area contributed by atoms with E-state index in [2.05, 4.69) is 16.0 Å². The van der Waals surface area contributed by atoms with Gasteiger partial charge in [0.2, 0.25) is 5.91 Å². The third-order valence-corrected chi connectivity index (χ3v) is 2.26. The molecule has 5 N–H and O–H groups in total. The number of rotatable bonds is 5. The Labute approximate surface area is 106 Å². The molecule has 1 aromatic carbocycles. The molecule has 98 valence electrons. The number of hydrogen-bond acceptors (Lipinski definition) is 3. The zero-order chi connectivity index (χ0) is 13.4. The Balaban J connectivity index is 2.49. The standard InChI is InChI=1S/C12H18N4O2/c1-14-12(18)16-10-6-4-9(5-7-10)15-11(17)3-2-8-13/h4-7H,2-3,8,13H2,1H3,(H,15,17)(H2,14,16,18). The minimum atomic E-state index is -0.283. The van der Waals surface area contributed by atoms with Gasteiger partial charge in [0.1, 0.15) is 0 Å². The summed E-state index contributed by atoms with van der Waals surface area (Å²) in [6.45, 7) is 0.502. The normalized spacial score (nSPS) is 9.67. The quantitative estimate of drug-likeness (QED) is 0.630. The Hall–Kier alpha value is -2.08. The van der Waals surface area contributed by atoms with Crippen LogP contribution >= 0.6 is 0 Å². The fraction of sp³-hybridized carbons (Fsp3) is 0.333. The summed E-state index contributed by atoms with van der Waals surface area (Å²) in [5, 5.41) is 7.83. The second-order valence-corrected chi connectivity index (χ2v) is 3.72. The summed E-state index contributed by atoms with van der Waals surface area (Å²) in [6, 6.07) is 6.61. The van der Waals surface area contributed by atoms with Crippen LogP contribution in [0.15, 0.2) is 24.3 Å². The van der Waals surface area contributed by atoms with Gasteiger partial charge in [-0.3, -0.25) is 4.79 Å². The van der Waals surface area contributed by atoms with Crippen LogP contribution in [-0.4, -0.2) is 25.5 Å². The molecule has 0 aliphatic carbocycles. The van der Waals surface area contributed by atoms with Gasteiger partial charge in [-0.1, -0.05) is 0 Å². The van der Waals surface area contributed by atoms with Crippen molar-refractivity contribution < 1.29 is 9.59 Å². The summed E-state index contributed by atoms with van der Waals surface area (Å²) in [5.41, 5.74) is 6.68. The fourth-order valence-electron chi connectivity index (χ4n) is 1.32. The summed E-state index contributed by atoms with van der Waals surface area (Å²) in [5.74, 6) is -0.0625. The lowest BCUT2D eigenvalue weighted by Gasteiger charge is -2.07. The first kappa shape index (κ1) is 14.0. The van der Waals surface area contributed by atoms with E-state index >= 15 is 0 Å². The number of carbonyl (C=O) groups excluding carboxylic acids is 2. The minimum absolute atomic E-state index is 0.0625. The molecule has 6 nitrogen and oxygen atoms in total. The molecule has 0 heterocycles. The number of amides is 3. The molecule has 6 heteroatoms. The first-order valence-electron chi connectivity index (χ1n) is 5.74. The molecule has 0 aromatic heterocycles. The van der Waals surface area contributed by atoms with Gasteiger partial charge < -0.3 is 21.7 Å². The third kappa shape index (κ3) is 4.84. The summed E-state index contributed by atoms with van der Waals surface area (Å²) in [4.78, 5) is 22.5. The largest absolute Gasteiger partial charge is 0.341 e. The summed E-state index contributed by atoms with van der Waals surface area (Å²) < 4.78 is 0. The number of urea groups is 1. The number of benzene rings is 1. The van der Waals surface area contributed by atoms with Gasteiger partial charge in [0.25, 0.3) is 0 Å². The van der Waals surface area contributed by atoms with Crippen LogP contribution in [0.25, 0.3) is 0 Å². The zero-order valence-electron chi connectivity index (χ0n) is 10.3. The van der Waals surface area contributed by atoms with E-state index in [-0.39, 0.29) is 11.9 Å². The van der Waals surface area contributed by atoms with E-state index in [9.17, 15) is 9.59 Å². The van der Waals surface area contributed by atoms with Crippen molar-refractivity contribution in [3.63, 3.8) is 0 Å². The van der Waals surface area contributed by atoms with Gasteiger partial charge in [0, 0.05) is 24.8 Å². The number of hydrogen-bond donors (Lipinski definition) is 4. The smallest absolute Gasteiger partial charge is 0.318 e. The van der Waals surface area contributed by atoms with Crippen molar-refractivity contribution in [3.8, 4) is 0 Å². The highest BCUT2D eigenvalue weighted by Crippen LogP contribution is 2.13. The van der Waals surface area contributed by atoms with Gasteiger partial charge in [-0.25, -0.2) is 4.79 Å². The van der Waals surface area contributed by atoms with Crippen LogP contribution < -0.4 is 21.7 Å². The van der Waals surface area contributed by atoms with Crippen molar-refractivity contribution >= 4 is 23.3 Å². The van der Waals surface area contributed by atoms with E-state index in [1.165, 1.54) is 0 Å². The SMILES string of the molecule is CNC(=O)Nc1ccc(NC(=O)CCCN)cc1. The molecule has 1 aromatic rings. The Morgan fingerprint density at radius 3 is 2.17 bits per heavy atom. The van der Waals surface area contributed by atoms with E-state index in [4.69, 9.17) is 5.73 Å². The Morgan fingerprint density at radius 2 is 1.67 bits per heavy atom. The molecule has 18 heavy (non-hydrogen) atoms. The molecule has 0 fully saturated rings. The van der Waals surface area contributed by atoms with Crippen LogP contribution in [0.1, 0.15) is 12.8 Å². The number of carbonyl (C=O) groups is 2. The lowest BCUT2D eigenvalue weighted by Crippen LogP contribution is -2.24. The molecule has 1 rings (SSSR count). The fourth-order valence-corrected chi connectivity index (χ4v) is 1.32. The van der Waals surface area contributed by atoms with Gasteiger partial charge in [0.05, 0.1) is 0 Å². The molecule has 0 aliphatic heterocycles. The van der Waals surface area contributed by atoms with Crippen molar-refractivity contribution in [2.75, 3.05) is 24.2 Å². The van der Waals surface area contributed by atoms with E-state index in [1.54, 1.807) is 31.3 Å². The van der Waals surface area contributed by atoms with Crippen LogP contribution in [0.4, 0.5) is 16.2 Å². The van der Waals surface area contributed by atoms with E-state index in [0.29, 0.717) is 30.8 Å². The second-order valence-electron chi connectivity index (χ2n) is 3.72. The van der Waals surface area contributed by atoms with Crippen LogP contribution in [0.5, 0.6) is 0 Å². The molecule has 0 radical (unpaired) electrons. The predicted octanol–water partition coefficient (Wildman–Crippen LogP) is 1.12. The topological polar surface area (TPSA) is 96.2 Å². The minimum Gasteiger partial charge on any atom is -0.341 e. The van der Waals surface area contributed by atoms with Gasteiger partial charge in [-0.15, -0.1) is 0 Å². The maximum absolute atomic E-state index is 11.4. The van der Waals surface area contributed by atoms with Gasteiger partial charge in [0.15, 0.2) is 0 Å². The molecule has 0 atom stereocenters. The molecule has 3 amide bonds. The van der Waals surface area contributed by atoms with E-state index in [0.717, 1.165) is 0 Å². The van der Waals surface area contributed by atoms with E-state index < -0.39 is 0 Å². The molecule has 0 bridgehead atoms. The molecule has 0 saturated heterocycles. The predicted molar refractivity (Wildman–Crippen MR) is 71.4 cm³/mol. The van der Waals surface area contributed by atoms with Crippen molar-refractivity contribution in [1.29, 1.82) is 0 Å². The highest BCUT2D eigenvalue weighted by molar-refractivity contribution is 5.92. The van der Waals surface area contributed by atoms with Crippen molar-refractivity contribution in [2.45, 2.75) is 12.8 Å². The Bertz CT molecular complexity index is 403. The lowest BCUT2D eigenvalue weighted by atomic mass is 10.2. The summed E-state index contributed by atoms with van der Waals surface area (Å²) >= 11 is 0. The molecule has 0 saturated carbocycles. The first-order chi connectivity index (χ1) is 8.65. The molecular weight excluding hydrogens is 232 g/mol. The van der Waals surface area contributed by atoms with Gasteiger partial charge in [-0.2, -0.15) is 0 Å². The Morgan fingerprint density at radius 1 is 1.11 bits per heavy atom. The first-order valence-corrected chi connectivity index (χ1v) is 5.74. The average molecular weight is 250 g/mol. The highest BCUT2D eigenvalue weighted by Gasteiger charge is 2.02. The number of nitrogens with two attached hydrogens (primary N) is 1. The molecule has 0 spiro atoms. The van der Waals surface area contributed by atoms with Crippen molar-refractivity contribution in [2.24, 2.45) is 5.73 Å². The average Bonchev–Trinajstić information content (AvgIpc) is 2.38. The number of anilines is 2. The van der Waals surface area contributed by atoms with Gasteiger partial charge >= 0.3 is 6.03 Å². The van der Waals surface area contributed by atoms with E-state index in [1.807, 2.05) is 0 Å². The molecule has 0 unspecified atom stereocenters. The summed E-state index contributed by atoms with van der Waals surface area (Å²) in [7, 11) is 1.54. The summed E-state index contributed by atoms with van der Waals surface area (Å²) in [6.07, 6.45) is 1.08. The van der Waals surface area contributed by atoms with Crippen LogP contribution in [0.3, 0.4) is 0 Å². The monoisotopic (exact) mass is 250 g/mol. The molecular formula is C12H18N4O2. The second kappa shape index (κ2) is 7.29. The highest BCUT2D eigenvalue weighted by atomic mass is 16.2. The van der Waals surface area contributed by atoms with Crippen LogP contribution in [0, 0.1) is 0 Å². The van der Waals surface area contributed by atoms with Crippen LogP contribution in [0.2, 0.25) is 0 Å². The van der Waals surface area contributed by atoms with Crippen molar-refractivity contribution in [3.05, 3.63) is 24.3 Å². The maximum Gasteiger partial charge on any atom is 0.318 e. The number of nitrogens with one attached hydrogen (secondary N) is 3.